The summed E-state index contributed by atoms with van der Waals surface area (Å²) in [6, 6.07) is 8.36. The molecule has 9 heteroatoms. The number of aliphatic hydroxyl groups excluding tert-OH is 1. The van der Waals surface area contributed by atoms with Gasteiger partial charge >= 0.3 is 0 Å². The van der Waals surface area contributed by atoms with Crippen molar-refractivity contribution < 1.29 is 28.8 Å². The molecule has 2 aromatic carbocycles. The van der Waals surface area contributed by atoms with Crippen LogP contribution in [0.3, 0.4) is 0 Å². The highest BCUT2D eigenvalue weighted by Crippen LogP contribution is 2.40. The predicted molar refractivity (Wildman–Crippen MR) is 118 cm³/mol. The Bertz CT molecular complexity index is 913. The van der Waals surface area contributed by atoms with Gasteiger partial charge in [0.2, 0.25) is 5.75 Å². The third kappa shape index (κ3) is 5.01. The summed E-state index contributed by atoms with van der Waals surface area (Å²) in [5.74, 6) is 0.907. The van der Waals surface area contributed by atoms with Crippen LogP contribution in [0.5, 0.6) is 17.2 Å². The zero-order chi connectivity index (χ0) is 22.5. The third-order valence-corrected chi connectivity index (χ3v) is 5.83. The lowest BCUT2D eigenvalue weighted by Gasteiger charge is -2.24. The van der Waals surface area contributed by atoms with Gasteiger partial charge in [0.1, 0.15) is 0 Å². The lowest BCUT2D eigenvalue weighted by Crippen LogP contribution is -2.32. The Hall–Kier alpha value is -2.19. The summed E-state index contributed by atoms with van der Waals surface area (Å²) in [6.45, 7) is 0.415. The van der Waals surface area contributed by atoms with Crippen molar-refractivity contribution in [2.24, 2.45) is 0 Å². The summed E-state index contributed by atoms with van der Waals surface area (Å²) in [7, 11) is 4.49. The molecule has 1 unspecified atom stereocenters. The van der Waals surface area contributed by atoms with E-state index in [4.69, 9.17) is 42.1 Å². The molecule has 1 aliphatic rings. The fourth-order valence-corrected chi connectivity index (χ4v) is 3.88. The van der Waals surface area contributed by atoms with E-state index in [1.54, 1.807) is 35.2 Å². The van der Waals surface area contributed by atoms with Gasteiger partial charge < -0.3 is 29.0 Å². The van der Waals surface area contributed by atoms with E-state index in [0.717, 1.165) is 0 Å². The number of carbonyl (C=O) groups is 1. The number of ether oxygens (including phenoxy) is 4. The second-order valence-corrected chi connectivity index (χ2v) is 7.84. The largest absolute Gasteiger partial charge is 0.493 e. The smallest absolute Gasteiger partial charge is 0.256 e. The van der Waals surface area contributed by atoms with Gasteiger partial charge in [-0.3, -0.25) is 4.79 Å². The summed E-state index contributed by atoms with van der Waals surface area (Å²) in [5, 5.41) is 9.98. The van der Waals surface area contributed by atoms with Crippen molar-refractivity contribution in [3.8, 4) is 17.2 Å². The molecule has 2 atom stereocenters. The van der Waals surface area contributed by atoms with Crippen molar-refractivity contribution in [1.29, 1.82) is 0 Å². The average Bonchev–Trinajstić information content (AvgIpc) is 3.22. The van der Waals surface area contributed by atoms with Crippen LogP contribution in [0.25, 0.3) is 0 Å². The highest BCUT2D eigenvalue weighted by Gasteiger charge is 2.38. The zero-order valence-corrected chi connectivity index (χ0v) is 19.1. The van der Waals surface area contributed by atoms with Crippen LogP contribution in [0.4, 0.5) is 0 Å². The Morgan fingerprint density at radius 2 is 1.77 bits per heavy atom. The number of hydrogen-bond donors (Lipinski definition) is 1. The number of aliphatic hydroxyl groups is 1. The molecule has 0 aromatic heterocycles. The van der Waals surface area contributed by atoms with Crippen LogP contribution in [0.15, 0.2) is 30.3 Å². The molecule has 0 spiro atoms. The standard InChI is InChI=1S/C22H25Cl2NO6/c1-28-18-10-14(11-19(29-2)20(18)30-3)21(27)25-12-15(5-4-8-26)31-22(25)13-6-7-16(23)17(24)9-13/h6-7,9-11,15,22,26H,4-5,8,12H2,1-3H3/t15-,22?/m1/s1. The fraction of sp³-hybridized carbons (Fsp3) is 0.409. The minimum Gasteiger partial charge on any atom is -0.493 e. The van der Waals surface area contributed by atoms with Gasteiger partial charge in [0.05, 0.1) is 44.0 Å². The van der Waals surface area contributed by atoms with Crippen LogP contribution < -0.4 is 14.2 Å². The second-order valence-electron chi connectivity index (χ2n) is 7.02. The Kier molecular flexibility index (Phi) is 7.89. The van der Waals surface area contributed by atoms with Gasteiger partial charge in [-0.15, -0.1) is 0 Å². The number of amides is 1. The average molecular weight is 470 g/mol. The molecule has 31 heavy (non-hydrogen) atoms. The number of hydrogen-bond acceptors (Lipinski definition) is 6. The van der Waals surface area contributed by atoms with Gasteiger partial charge in [-0.2, -0.15) is 0 Å². The quantitative estimate of drug-likeness (QED) is 0.619. The number of rotatable bonds is 8. The van der Waals surface area contributed by atoms with Gasteiger partial charge in [-0.05, 0) is 37.1 Å². The predicted octanol–water partition coefficient (Wildman–Crippen LogP) is 4.33. The van der Waals surface area contributed by atoms with E-state index < -0.39 is 6.23 Å². The van der Waals surface area contributed by atoms with E-state index in [2.05, 4.69) is 0 Å². The van der Waals surface area contributed by atoms with E-state index in [1.807, 2.05) is 0 Å². The van der Waals surface area contributed by atoms with Crippen LogP contribution in [0.2, 0.25) is 10.0 Å². The highest BCUT2D eigenvalue weighted by molar-refractivity contribution is 6.42. The molecular formula is C22H25Cl2NO6. The van der Waals surface area contributed by atoms with E-state index in [9.17, 15) is 9.90 Å². The first-order valence-corrected chi connectivity index (χ1v) is 10.5. The molecular weight excluding hydrogens is 445 g/mol. The lowest BCUT2D eigenvalue weighted by atomic mass is 10.1. The fourth-order valence-electron chi connectivity index (χ4n) is 3.58. The van der Waals surface area contributed by atoms with Crippen LogP contribution in [0.1, 0.15) is 35.0 Å². The minimum atomic E-state index is -0.648. The first-order chi connectivity index (χ1) is 14.9. The van der Waals surface area contributed by atoms with Crippen molar-refractivity contribution in [2.75, 3.05) is 34.5 Å². The SMILES string of the molecule is COc1cc(C(=O)N2C[C@@H](CCCO)OC2c2ccc(Cl)c(Cl)c2)cc(OC)c1OC. The molecule has 1 fully saturated rings. The molecule has 1 aliphatic heterocycles. The van der Waals surface area contributed by atoms with Crippen LogP contribution in [-0.4, -0.2) is 56.5 Å². The van der Waals surface area contributed by atoms with Crippen molar-refractivity contribution >= 4 is 29.1 Å². The summed E-state index contributed by atoms with van der Waals surface area (Å²) >= 11 is 12.3. The molecule has 1 amide bonds. The van der Waals surface area contributed by atoms with Crippen LogP contribution in [-0.2, 0) is 4.74 Å². The molecule has 1 saturated heterocycles. The van der Waals surface area contributed by atoms with Crippen molar-refractivity contribution in [3.63, 3.8) is 0 Å². The van der Waals surface area contributed by atoms with E-state index in [-0.39, 0.29) is 18.6 Å². The summed E-state index contributed by atoms with van der Waals surface area (Å²) in [5.41, 5.74) is 1.08. The second kappa shape index (κ2) is 10.4. The zero-order valence-electron chi connectivity index (χ0n) is 17.6. The van der Waals surface area contributed by atoms with Crippen molar-refractivity contribution in [3.05, 3.63) is 51.5 Å². The normalized spacial score (nSPS) is 18.2. The third-order valence-electron chi connectivity index (χ3n) is 5.09. The van der Waals surface area contributed by atoms with Crippen molar-refractivity contribution in [2.45, 2.75) is 25.2 Å². The maximum atomic E-state index is 13.5. The summed E-state index contributed by atoms with van der Waals surface area (Å²) in [6.07, 6.45) is 0.320. The van der Waals surface area contributed by atoms with Gasteiger partial charge in [0.15, 0.2) is 17.7 Å². The maximum Gasteiger partial charge on any atom is 0.256 e. The molecule has 1 N–H and O–H groups in total. The Morgan fingerprint density at radius 3 is 2.32 bits per heavy atom. The van der Waals surface area contributed by atoms with Crippen molar-refractivity contribution in [1.82, 2.24) is 4.90 Å². The van der Waals surface area contributed by atoms with Crippen LogP contribution in [0, 0.1) is 0 Å². The maximum absolute atomic E-state index is 13.5. The number of benzene rings is 2. The molecule has 7 nitrogen and oxygen atoms in total. The van der Waals surface area contributed by atoms with Gasteiger partial charge in [-0.25, -0.2) is 0 Å². The minimum absolute atomic E-state index is 0.0537. The topological polar surface area (TPSA) is 77.5 Å². The van der Waals surface area contributed by atoms with E-state index >= 15 is 0 Å². The Balaban J connectivity index is 1.98. The van der Waals surface area contributed by atoms with Gasteiger partial charge in [-0.1, -0.05) is 29.3 Å². The molecule has 3 rings (SSSR count). The monoisotopic (exact) mass is 469 g/mol. The lowest BCUT2D eigenvalue weighted by molar-refractivity contribution is -0.00222. The number of carbonyl (C=O) groups excluding carboxylic acids is 1. The van der Waals surface area contributed by atoms with Gasteiger partial charge in [0.25, 0.3) is 5.91 Å². The number of halogens is 2. The molecule has 0 saturated carbocycles. The molecule has 0 bridgehead atoms. The Morgan fingerprint density at radius 1 is 1.10 bits per heavy atom. The van der Waals surface area contributed by atoms with Gasteiger partial charge in [0, 0.05) is 17.7 Å². The molecule has 2 aromatic rings. The van der Waals surface area contributed by atoms with E-state index in [0.29, 0.717) is 57.8 Å². The number of nitrogens with zero attached hydrogens (tertiary/aromatic N) is 1. The van der Waals surface area contributed by atoms with Crippen LogP contribution >= 0.6 is 23.2 Å². The molecule has 0 radical (unpaired) electrons. The van der Waals surface area contributed by atoms with E-state index in [1.165, 1.54) is 21.3 Å². The summed E-state index contributed by atoms with van der Waals surface area (Å²) < 4.78 is 22.3. The molecule has 0 aliphatic carbocycles. The Labute approximate surface area is 191 Å². The first kappa shape index (κ1) is 23.5. The first-order valence-electron chi connectivity index (χ1n) is 9.75. The highest BCUT2D eigenvalue weighted by atomic mass is 35.5. The summed E-state index contributed by atoms with van der Waals surface area (Å²) in [4.78, 5) is 15.2. The molecule has 1 heterocycles. The number of methoxy groups -OCH3 is 3. The molecule has 168 valence electrons.